The fourth-order valence-corrected chi connectivity index (χ4v) is 3.29. The van der Waals surface area contributed by atoms with Crippen LogP contribution in [-0.4, -0.2) is 50.5 Å². The van der Waals surface area contributed by atoms with Gasteiger partial charge >= 0.3 is 5.97 Å². The van der Waals surface area contributed by atoms with Crippen LogP contribution in [0.5, 0.6) is 0 Å². The zero-order chi connectivity index (χ0) is 19.5. The maximum Gasteiger partial charge on any atom is 0.303 e. The van der Waals surface area contributed by atoms with Crippen LogP contribution in [0.3, 0.4) is 0 Å². The molecule has 0 heterocycles. The number of rotatable bonds is 12. The van der Waals surface area contributed by atoms with E-state index in [-0.39, 0.29) is 24.0 Å². The summed E-state index contributed by atoms with van der Waals surface area (Å²) in [6.45, 7) is 1.79. The molecule has 6 heteroatoms. The van der Waals surface area contributed by atoms with Gasteiger partial charge in [-0.3, -0.25) is 9.59 Å². The van der Waals surface area contributed by atoms with E-state index in [1.165, 1.54) is 0 Å². The fraction of sp³-hybridized carbons (Fsp3) is 0.700. The van der Waals surface area contributed by atoms with Crippen LogP contribution in [-0.2, 0) is 9.59 Å². The number of aliphatic hydroxyl groups excluding tert-OH is 3. The van der Waals surface area contributed by atoms with Crippen molar-refractivity contribution in [2.45, 2.75) is 76.6 Å². The molecule has 0 spiro atoms. The predicted octanol–water partition coefficient (Wildman–Crippen LogP) is 2.22. The molecule has 148 valence electrons. The lowest BCUT2D eigenvalue weighted by Crippen LogP contribution is -2.20. The van der Waals surface area contributed by atoms with Gasteiger partial charge < -0.3 is 20.4 Å². The van der Waals surface area contributed by atoms with Gasteiger partial charge in [-0.15, -0.1) is 0 Å². The number of Topliss-reactive ketones (excluding diaryl/α,β-unsaturated/α-hetero) is 1. The Labute approximate surface area is 155 Å². The summed E-state index contributed by atoms with van der Waals surface area (Å²) in [6, 6.07) is 0. The number of hydrogen-bond donors (Lipinski definition) is 4. The maximum atomic E-state index is 11.3. The van der Waals surface area contributed by atoms with E-state index in [0.29, 0.717) is 44.9 Å². The number of allylic oxidation sites excluding steroid dienone is 2. The zero-order valence-electron chi connectivity index (χ0n) is 15.5. The van der Waals surface area contributed by atoms with Gasteiger partial charge in [-0.2, -0.15) is 0 Å². The Bertz CT molecular complexity index is 499. The van der Waals surface area contributed by atoms with Crippen LogP contribution >= 0.6 is 0 Å². The normalized spacial score (nSPS) is 27.4. The van der Waals surface area contributed by atoms with Crippen LogP contribution in [0.4, 0.5) is 0 Å². The van der Waals surface area contributed by atoms with Crippen molar-refractivity contribution in [2.24, 2.45) is 11.8 Å². The summed E-state index contributed by atoms with van der Waals surface area (Å²) in [5.41, 5.74) is 0. The van der Waals surface area contributed by atoms with Gasteiger partial charge in [0, 0.05) is 31.6 Å². The average Bonchev–Trinajstić information content (AvgIpc) is 2.86. The minimum absolute atomic E-state index is 0.111. The summed E-state index contributed by atoms with van der Waals surface area (Å²) < 4.78 is 0. The number of carboxylic acid groups (broad SMARTS) is 1. The summed E-state index contributed by atoms with van der Waals surface area (Å²) in [5.74, 6) is -1.08. The molecule has 0 aromatic rings. The Morgan fingerprint density at radius 1 is 1.15 bits per heavy atom. The molecule has 6 nitrogen and oxygen atoms in total. The molecule has 4 N–H and O–H groups in total. The number of ketones is 1. The summed E-state index contributed by atoms with van der Waals surface area (Å²) in [5, 5.41) is 38.9. The third-order valence-electron chi connectivity index (χ3n) is 4.92. The standard InChI is InChI=1S/C20H32O6/c1-2-14(21)9-10-15(22)11-12-17-16(18(23)13-19(17)24)7-5-3-4-6-8-20(25)26/h3,5,11-12,15-19,22-24H,2,4,6-10,13H2,1H3,(H,25,26)/b5-3-,12-11+/t15-,16+,17+,18-,19+/m0/s1. The molecule has 0 aromatic heterocycles. The van der Waals surface area contributed by atoms with Crippen molar-refractivity contribution >= 4 is 11.8 Å². The molecule has 5 atom stereocenters. The van der Waals surface area contributed by atoms with E-state index in [4.69, 9.17) is 5.11 Å². The van der Waals surface area contributed by atoms with E-state index in [1.807, 2.05) is 12.2 Å². The second-order valence-corrected chi connectivity index (χ2v) is 6.99. The SMILES string of the molecule is CCC(=O)CC[C@H](O)/C=C/[C@@H]1[C@@H](C/C=C\CCCC(=O)O)[C@@H](O)C[C@H]1O. The summed E-state index contributed by atoms with van der Waals surface area (Å²) in [6.07, 6.45) is 8.63. The molecule has 1 saturated carbocycles. The number of carboxylic acids is 1. The third-order valence-corrected chi connectivity index (χ3v) is 4.92. The molecule has 0 saturated heterocycles. The van der Waals surface area contributed by atoms with Crippen LogP contribution < -0.4 is 0 Å². The van der Waals surface area contributed by atoms with Crippen molar-refractivity contribution in [3.8, 4) is 0 Å². The Kier molecular flexibility index (Phi) is 10.4. The van der Waals surface area contributed by atoms with Crippen LogP contribution in [0.15, 0.2) is 24.3 Å². The lowest BCUT2D eigenvalue weighted by molar-refractivity contribution is -0.137. The first kappa shape index (κ1) is 22.5. The highest BCUT2D eigenvalue weighted by Crippen LogP contribution is 2.36. The number of hydrogen-bond acceptors (Lipinski definition) is 5. The van der Waals surface area contributed by atoms with E-state index >= 15 is 0 Å². The summed E-state index contributed by atoms with van der Waals surface area (Å²) in [7, 11) is 0. The summed E-state index contributed by atoms with van der Waals surface area (Å²) >= 11 is 0. The van der Waals surface area contributed by atoms with E-state index < -0.39 is 24.3 Å². The molecule has 0 amide bonds. The van der Waals surface area contributed by atoms with Crippen molar-refractivity contribution in [1.29, 1.82) is 0 Å². The number of carbonyl (C=O) groups excluding carboxylic acids is 1. The molecule has 0 aliphatic heterocycles. The Balaban J connectivity index is 2.50. The number of aliphatic hydroxyl groups is 3. The quantitative estimate of drug-likeness (QED) is 0.310. The maximum absolute atomic E-state index is 11.3. The summed E-state index contributed by atoms with van der Waals surface area (Å²) in [4.78, 5) is 21.8. The lowest BCUT2D eigenvalue weighted by Gasteiger charge is -2.19. The third kappa shape index (κ3) is 8.25. The van der Waals surface area contributed by atoms with Gasteiger partial charge in [0.1, 0.15) is 5.78 Å². The van der Waals surface area contributed by atoms with Crippen LogP contribution in [0.2, 0.25) is 0 Å². The van der Waals surface area contributed by atoms with Gasteiger partial charge in [-0.25, -0.2) is 0 Å². The van der Waals surface area contributed by atoms with Crippen molar-refractivity contribution in [3.05, 3.63) is 24.3 Å². The van der Waals surface area contributed by atoms with Crippen molar-refractivity contribution in [2.75, 3.05) is 0 Å². The minimum Gasteiger partial charge on any atom is -0.481 e. The topological polar surface area (TPSA) is 115 Å². The van der Waals surface area contributed by atoms with Gasteiger partial charge in [0.05, 0.1) is 18.3 Å². The molecule has 26 heavy (non-hydrogen) atoms. The Hall–Kier alpha value is -1.50. The van der Waals surface area contributed by atoms with Gasteiger partial charge in [0.15, 0.2) is 0 Å². The molecule has 0 radical (unpaired) electrons. The molecule has 1 aliphatic carbocycles. The highest BCUT2D eigenvalue weighted by molar-refractivity contribution is 5.77. The van der Waals surface area contributed by atoms with E-state index in [0.717, 1.165) is 0 Å². The Morgan fingerprint density at radius 3 is 2.54 bits per heavy atom. The highest BCUT2D eigenvalue weighted by Gasteiger charge is 2.39. The van der Waals surface area contributed by atoms with E-state index in [1.54, 1.807) is 19.1 Å². The molecule has 1 rings (SSSR count). The van der Waals surface area contributed by atoms with Gasteiger partial charge in [0.25, 0.3) is 0 Å². The molecule has 0 unspecified atom stereocenters. The average molecular weight is 368 g/mol. The van der Waals surface area contributed by atoms with Gasteiger partial charge in [0.2, 0.25) is 0 Å². The minimum atomic E-state index is -0.808. The van der Waals surface area contributed by atoms with Gasteiger partial charge in [-0.1, -0.05) is 31.2 Å². The Morgan fingerprint density at radius 2 is 1.88 bits per heavy atom. The molecular weight excluding hydrogens is 336 g/mol. The zero-order valence-corrected chi connectivity index (χ0v) is 15.5. The van der Waals surface area contributed by atoms with E-state index in [9.17, 15) is 24.9 Å². The highest BCUT2D eigenvalue weighted by atomic mass is 16.4. The first-order valence-electron chi connectivity index (χ1n) is 9.46. The van der Waals surface area contributed by atoms with Gasteiger partial charge in [-0.05, 0) is 31.6 Å². The molecule has 1 aliphatic rings. The fourth-order valence-electron chi connectivity index (χ4n) is 3.29. The monoisotopic (exact) mass is 368 g/mol. The largest absolute Gasteiger partial charge is 0.481 e. The van der Waals surface area contributed by atoms with Crippen molar-refractivity contribution in [3.63, 3.8) is 0 Å². The molecule has 0 aromatic carbocycles. The molecular formula is C20H32O6. The predicted molar refractivity (Wildman–Crippen MR) is 98.5 cm³/mol. The smallest absolute Gasteiger partial charge is 0.303 e. The van der Waals surface area contributed by atoms with Crippen LogP contribution in [0.25, 0.3) is 0 Å². The first-order chi connectivity index (χ1) is 12.3. The lowest BCUT2D eigenvalue weighted by atomic mass is 9.89. The second kappa shape index (κ2) is 12.0. The number of carbonyl (C=O) groups is 2. The molecule has 0 bridgehead atoms. The van der Waals surface area contributed by atoms with Crippen molar-refractivity contribution in [1.82, 2.24) is 0 Å². The van der Waals surface area contributed by atoms with Crippen molar-refractivity contribution < 1.29 is 30.0 Å². The molecule has 1 fully saturated rings. The van der Waals surface area contributed by atoms with E-state index in [2.05, 4.69) is 0 Å². The second-order valence-electron chi connectivity index (χ2n) is 6.99. The van der Waals surface area contributed by atoms with Crippen LogP contribution in [0, 0.1) is 11.8 Å². The van der Waals surface area contributed by atoms with Crippen LogP contribution in [0.1, 0.15) is 58.3 Å². The number of unbranched alkanes of at least 4 members (excludes halogenated alkanes) is 1. The number of aliphatic carboxylic acids is 1. The first-order valence-corrected chi connectivity index (χ1v) is 9.46.